The van der Waals surface area contributed by atoms with E-state index in [2.05, 4.69) is 46.9 Å². The van der Waals surface area contributed by atoms with Crippen LogP contribution in [0.4, 0.5) is 0 Å². The number of hydrogen-bond donors (Lipinski definition) is 0. The van der Waals surface area contributed by atoms with Crippen molar-refractivity contribution < 1.29 is 4.79 Å². The molecule has 2 heterocycles. The Bertz CT molecular complexity index is 1390. The SMILES string of the molecule is C#C/C(=C\C=C(C)C)c1cc(C(=O)N2CCCN(C)CC2)ccc1-c1ccc(CN2CCCN(C)CC2)cc1C#N. The predicted molar refractivity (Wildman–Crippen MR) is 168 cm³/mol. The van der Waals surface area contributed by atoms with Crippen molar-refractivity contribution in [2.24, 2.45) is 0 Å². The van der Waals surface area contributed by atoms with Crippen LogP contribution in [0.15, 0.2) is 54.1 Å². The number of rotatable bonds is 6. The largest absolute Gasteiger partial charge is 0.337 e. The molecular formula is C35H43N5O. The highest BCUT2D eigenvalue weighted by atomic mass is 16.2. The molecule has 0 aromatic heterocycles. The number of likely N-dealkylation sites (N-methyl/N-ethyl adjacent to an activating group) is 2. The Morgan fingerprint density at radius 1 is 0.878 bits per heavy atom. The average molecular weight is 550 g/mol. The number of carbonyl (C=O) groups excluding carboxylic acids is 1. The highest BCUT2D eigenvalue weighted by Gasteiger charge is 2.22. The molecule has 1 amide bonds. The van der Waals surface area contributed by atoms with E-state index in [1.807, 2.05) is 61.2 Å². The van der Waals surface area contributed by atoms with Crippen molar-refractivity contribution in [3.05, 3.63) is 76.4 Å². The molecule has 2 aromatic carbocycles. The van der Waals surface area contributed by atoms with Gasteiger partial charge in [0.05, 0.1) is 11.6 Å². The summed E-state index contributed by atoms with van der Waals surface area (Å²) in [6.45, 7) is 12.4. The van der Waals surface area contributed by atoms with Crippen molar-refractivity contribution in [1.29, 1.82) is 5.26 Å². The van der Waals surface area contributed by atoms with Crippen molar-refractivity contribution in [3.8, 4) is 29.5 Å². The Morgan fingerprint density at radius 3 is 2.29 bits per heavy atom. The summed E-state index contributed by atoms with van der Waals surface area (Å²) in [5.74, 6) is 2.87. The fourth-order valence-electron chi connectivity index (χ4n) is 5.57. The molecule has 0 saturated carbocycles. The molecule has 214 valence electrons. The van der Waals surface area contributed by atoms with Crippen LogP contribution in [-0.4, -0.2) is 92.0 Å². The summed E-state index contributed by atoms with van der Waals surface area (Å²) in [4.78, 5) is 22.6. The molecule has 0 radical (unpaired) electrons. The lowest BCUT2D eigenvalue weighted by atomic mass is 9.89. The number of allylic oxidation sites excluding steroid dienone is 4. The fraction of sp³-hybridized carbons (Fsp3) is 0.429. The third-order valence-electron chi connectivity index (χ3n) is 8.02. The molecule has 2 aliphatic rings. The minimum absolute atomic E-state index is 0.0191. The monoisotopic (exact) mass is 549 g/mol. The van der Waals surface area contributed by atoms with E-state index in [0.29, 0.717) is 23.2 Å². The van der Waals surface area contributed by atoms with Gasteiger partial charge in [0, 0.05) is 56.0 Å². The van der Waals surface area contributed by atoms with Crippen molar-refractivity contribution in [2.45, 2.75) is 33.2 Å². The minimum atomic E-state index is 0.0191. The molecular weight excluding hydrogens is 506 g/mol. The molecule has 0 N–H and O–H groups in total. The molecule has 2 aliphatic heterocycles. The topological polar surface area (TPSA) is 53.8 Å². The second-order valence-electron chi connectivity index (χ2n) is 11.6. The summed E-state index contributed by atoms with van der Waals surface area (Å²) < 4.78 is 0. The number of terminal acetylenes is 1. The van der Waals surface area contributed by atoms with Gasteiger partial charge < -0.3 is 14.7 Å². The molecule has 0 spiro atoms. The summed E-state index contributed by atoms with van der Waals surface area (Å²) in [6, 6.07) is 14.4. The smallest absolute Gasteiger partial charge is 0.253 e. The van der Waals surface area contributed by atoms with Gasteiger partial charge >= 0.3 is 0 Å². The Kier molecular flexibility index (Phi) is 10.6. The van der Waals surface area contributed by atoms with E-state index in [1.54, 1.807) is 0 Å². The first-order valence-electron chi connectivity index (χ1n) is 14.7. The summed E-state index contributed by atoms with van der Waals surface area (Å²) >= 11 is 0. The third kappa shape index (κ3) is 7.96. The molecule has 6 heteroatoms. The van der Waals surface area contributed by atoms with Crippen molar-refractivity contribution in [3.63, 3.8) is 0 Å². The lowest BCUT2D eigenvalue weighted by molar-refractivity contribution is 0.0763. The predicted octanol–water partition coefficient (Wildman–Crippen LogP) is 5.12. The van der Waals surface area contributed by atoms with E-state index in [4.69, 9.17) is 6.42 Å². The molecule has 41 heavy (non-hydrogen) atoms. The zero-order valence-electron chi connectivity index (χ0n) is 25.1. The molecule has 0 aliphatic carbocycles. The molecule has 0 unspecified atom stereocenters. The van der Waals surface area contributed by atoms with Gasteiger partial charge in [-0.15, -0.1) is 6.42 Å². The lowest BCUT2D eigenvalue weighted by Gasteiger charge is -2.22. The summed E-state index contributed by atoms with van der Waals surface area (Å²) in [6.07, 6.45) is 12.1. The first-order chi connectivity index (χ1) is 19.8. The molecule has 2 aromatic rings. The van der Waals surface area contributed by atoms with Gasteiger partial charge in [0.2, 0.25) is 0 Å². The van der Waals surface area contributed by atoms with Crippen LogP contribution in [-0.2, 0) is 6.54 Å². The van der Waals surface area contributed by atoms with Gasteiger partial charge in [-0.3, -0.25) is 9.69 Å². The first-order valence-corrected chi connectivity index (χ1v) is 14.7. The summed E-state index contributed by atoms with van der Waals surface area (Å²) in [5.41, 5.74) is 6.67. The number of nitrogens with zero attached hydrogens (tertiary/aromatic N) is 5. The molecule has 4 rings (SSSR count). The maximum absolute atomic E-state index is 13.6. The van der Waals surface area contributed by atoms with Crippen LogP contribution < -0.4 is 0 Å². The van der Waals surface area contributed by atoms with E-state index in [0.717, 1.165) is 93.0 Å². The Labute approximate surface area is 246 Å². The first kappa shape index (κ1) is 30.3. The molecule has 2 saturated heterocycles. The van der Waals surface area contributed by atoms with E-state index in [1.165, 1.54) is 0 Å². The quantitative estimate of drug-likeness (QED) is 0.370. The molecule has 0 bridgehead atoms. The van der Waals surface area contributed by atoms with Gasteiger partial charge in [-0.05, 0) is 101 Å². The zero-order chi connectivity index (χ0) is 29.4. The second kappa shape index (κ2) is 14.3. The van der Waals surface area contributed by atoms with Crippen LogP contribution >= 0.6 is 0 Å². The summed E-state index contributed by atoms with van der Waals surface area (Å²) in [7, 11) is 4.27. The standard InChI is InChI=1S/C35H43N5O/c1-6-29(11-9-27(2)3)34-24-30(35(41)40-18-8-16-38(5)20-22-40)12-14-33(34)32-13-10-28(23-31(32)25-36)26-39-17-7-15-37(4)19-21-39/h1,9-14,23-24H,7-8,15-22,26H2,2-5H3/b29-11+. The Morgan fingerprint density at radius 2 is 1.59 bits per heavy atom. The van der Waals surface area contributed by atoms with Crippen molar-refractivity contribution in [2.75, 3.05) is 66.5 Å². The van der Waals surface area contributed by atoms with Crippen LogP contribution in [0.2, 0.25) is 0 Å². The second-order valence-corrected chi connectivity index (χ2v) is 11.6. The van der Waals surface area contributed by atoms with Gasteiger partial charge in [0.15, 0.2) is 0 Å². The van der Waals surface area contributed by atoms with E-state index in [-0.39, 0.29) is 5.91 Å². The zero-order valence-corrected chi connectivity index (χ0v) is 25.1. The van der Waals surface area contributed by atoms with E-state index in [9.17, 15) is 10.1 Å². The summed E-state index contributed by atoms with van der Waals surface area (Å²) in [5, 5.41) is 10.2. The molecule has 2 fully saturated rings. The van der Waals surface area contributed by atoms with Crippen molar-refractivity contribution >= 4 is 11.5 Å². The highest BCUT2D eigenvalue weighted by molar-refractivity contribution is 5.98. The van der Waals surface area contributed by atoms with E-state index >= 15 is 0 Å². The van der Waals surface area contributed by atoms with Gasteiger partial charge in [-0.1, -0.05) is 35.8 Å². The normalized spacial score (nSPS) is 17.7. The Hall–Kier alpha value is -3.68. The van der Waals surface area contributed by atoms with Gasteiger partial charge in [-0.25, -0.2) is 0 Å². The van der Waals surface area contributed by atoms with Crippen molar-refractivity contribution in [1.82, 2.24) is 19.6 Å². The third-order valence-corrected chi connectivity index (χ3v) is 8.02. The number of nitriles is 1. The number of hydrogen-bond acceptors (Lipinski definition) is 5. The Balaban J connectivity index is 1.72. The maximum Gasteiger partial charge on any atom is 0.253 e. The van der Waals surface area contributed by atoms with Crippen LogP contribution in [0.1, 0.15) is 53.7 Å². The number of benzene rings is 2. The number of carbonyl (C=O) groups is 1. The number of amides is 1. The molecule has 0 atom stereocenters. The van der Waals surface area contributed by atoms with Crippen LogP contribution in [0.3, 0.4) is 0 Å². The van der Waals surface area contributed by atoms with Gasteiger partial charge in [-0.2, -0.15) is 5.26 Å². The minimum Gasteiger partial charge on any atom is -0.337 e. The average Bonchev–Trinajstić information content (AvgIpc) is 3.32. The van der Waals surface area contributed by atoms with Crippen LogP contribution in [0.5, 0.6) is 0 Å². The maximum atomic E-state index is 13.6. The molecule has 6 nitrogen and oxygen atoms in total. The van der Waals surface area contributed by atoms with E-state index < -0.39 is 0 Å². The van der Waals surface area contributed by atoms with Crippen LogP contribution in [0.25, 0.3) is 16.7 Å². The highest BCUT2D eigenvalue weighted by Crippen LogP contribution is 2.33. The fourth-order valence-corrected chi connectivity index (χ4v) is 5.57. The van der Waals surface area contributed by atoms with Gasteiger partial charge in [0.25, 0.3) is 5.91 Å². The lowest BCUT2D eigenvalue weighted by Crippen LogP contribution is -2.34. The van der Waals surface area contributed by atoms with Crippen LogP contribution in [0, 0.1) is 23.7 Å². The van der Waals surface area contributed by atoms with Gasteiger partial charge in [0.1, 0.15) is 0 Å².